The fourth-order valence-electron chi connectivity index (χ4n) is 2.71. The Morgan fingerprint density at radius 2 is 2.00 bits per heavy atom. The lowest BCUT2D eigenvalue weighted by molar-refractivity contribution is 0.0941. The molecule has 116 valence electrons. The number of benzene rings is 1. The van der Waals surface area contributed by atoms with Gasteiger partial charge in [0.1, 0.15) is 0 Å². The molecule has 1 aliphatic heterocycles. The number of hydrogen-bond donors (Lipinski definition) is 1. The molecule has 0 saturated carbocycles. The summed E-state index contributed by atoms with van der Waals surface area (Å²) in [4.78, 5) is 14.7. The Morgan fingerprint density at radius 1 is 1.33 bits per heavy atom. The van der Waals surface area contributed by atoms with E-state index in [4.69, 9.17) is 0 Å². The van der Waals surface area contributed by atoms with Crippen molar-refractivity contribution < 1.29 is 13.2 Å². The van der Waals surface area contributed by atoms with Gasteiger partial charge < -0.3 is 5.32 Å². The second-order valence-corrected chi connectivity index (χ2v) is 7.45. The second-order valence-electron chi connectivity index (χ2n) is 5.43. The largest absolute Gasteiger partial charge is 0.350 e. The third-order valence-corrected chi connectivity index (χ3v) is 5.08. The number of amides is 1. The van der Waals surface area contributed by atoms with E-state index in [9.17, 15) is 13.2 Å². The van der Waals surface area contributed by atoms with Crippen LogP contribution < -0.4 is 5.32 Å². The standard InChI is InChI=1S/C15H22N2O3S/c1-3-17-10-4-5-13(17)11-16-15(18)12-6-8-14(9-7-12)21(2,19)20/h6-9,13H,3-5,10-11H2,1-2H3,(H,16,18). The molecule has 5 nitrogen and oxygen atoms in total. The molecule has 0 radical (unpaired) electrons. The van der Waals surface area contributed by atoms with E-state index in [1.807, 2.05) is 0 Å². The van der Waals surface area contributed by atoms with Crippen molar-refractivity contribution in [3.05, 3.63) is 29.8 Å². The molecule has 0 bridgehead atoms. The van der Waals surface area contributed by atoms with Gasteiger partial charge in [0.2, 0.25) is 0 Å². The van der Waals surface area contributed by atoms with Crippen LogP contribution in [-0.4, -0.2) is 51.2 Å². The van der Waals surface area contributed by atoms with E-state index in [-0.39, 0.29) is 10.8 Å². The van der Waals surface area contributed by atoms with E-state index in [2.05, 4.69) is 17.1 Å². The molecular weight excluding hydrogens is 288 g/mol. The normalized spacial score (nSPS) is 19.6. The SMILES string of the molecule is CCN1CCCC1CNC(=O)c1ccc(S(C)(=O)=O)cc1. The summed E-state index contributed by atoms with van der Waals surface area (Å²) in [6, 6.07) is 6.46. The first kappa shape index (κ1) is 16.0. The Labute approximate surface area is 126 Å². The van der Waals surface area contributed by atoms with E-state index in [1.54, 1.807) is 12.1 Å². The first-order chi connectivity index (χ1) is 9.91. The van der Waals surface area contributed by atoms with Gasteiger partial charge in [-0.3, -0.25) is 9.69 Å². The molecule has 0 aromatic heterocycles. The maximum atomic E-state index is 12.1. The van der Waals surface area contributed by atoms with Crippen LogP contribution in [0.15, 0.2) is 29.2 Å². The van der Waals surface area contributed by atoms with Crippen molar-refractivity contribution in [2.75, 3.05) is 25.9 Å². The molecular formula is C15H22N2O3S. The molecule has 1 saturated heterocycles. The molecule has 6 heteroatoms. The van der Waals surface area contributed by atoms with Crippen molar-refractivity contribution in [2.24, 2.45) is 0 Å². The summed E-state index contributed by atoms with van der Waals surface area (Å²) in [5.74, 6) is -0.155. The predicted molar refractivity (Wildman–Crippen MR) is 82.2 cm³/mol. The van der Waals surface area contributed by atoms with Crippen LogP contribution in [0.4, 0.5) is 0 Å². The number of rotatable bonds is 5. The first-order valence-electron chi connectivity index (χ1n) is 7.24. The second kappa shape index (κ2) is 6.58. The molecule has 1 fully saturated rings. The van der Waals surface area contributed by atoms with Gasteiger partial charge in [0.15, 0.2) is 9.84 Å². The van der Waals surface area contributed by atoms with E-state index in [0.29, 0.717) is 18.2 Å². The number of hydrogen-bond acceptors (Lipinski definition) is 4. The van der Waals surface area contributed by atoms with E-state index < -0.39 is 9.84 Å². The van der Waals surface area contributed by atoms with Gasteiger partial charge in [-0.2, -0.15) is 0 Å². The lowest BCUT2D eigenvalue weighted by Gasteiger charge is -2.22. The fraction of sp³-hybridized carbons (Fsp3) is 0.533. The smallest absolute Gasteiger partial charge is 0.251 e. The van der Waals surface area contributed by atoms with E-state index in [1.165, 1.54) is 18.6 Å². The molecule has 1 aromatic rings. The number of likely N-dealkylation sites (tertiary alicyclic amines) is 1. The summed E-state index contributed by atoms with van der Waals surface area (Å²) in [6.45, 7) is 4.87. The summed E-state index contributed by atoms with van der Waals surface area (Å²) in [7, 11) is -3.22. The van der Waals surface area contributed by atoms with Crippen molar-refractivity contribution in [3.63, 3.8) is 0 Å². The van der Waals surface area contributed by atoms with Crippen LogP contribution in [0.5, 0.6) is 0 Å². The number of nitrogens with one attached hydrogen (secondary N) is 1. The molecule has 1 atom stereocenters. The molecule has 1 heterocycles. The maximum Gasteiger partial charge on any atom is 0.251 e. The van der Waals surface area contributed by atoms with Gasteiger partial charge in [0.25, 0.3) is 5.91 Å². The van der Waals surface area contributed by atoms with Crippen LogP contribution in [0.1, 0.15) is 30.1 Å². The molecule has 1 aromatic carbocycles. The fourth-order valence-corrected chi connectivity index (χ4v) is 3.34. The van der Waals surface area contributed by atoms with E-state index >= 15 is 0 Å². The van der Waals surface area contributed by atoms with Crippen LogP contribution in [0.3, 0.4) is 0 Å². The van der Waals surface area contributed by atoms with Gasteiger partial charge in [0, 0.05) is 24.4 Å². The lowest BCUT2D eigenvalue weighted by atomic mass is 10.2. The molecule has 0 aliphatic carbocycles. The van der Waals surface area contributed by atoms with Gasteiger partial charge >= 0.3 is 0 Å². The average molecular weight is 310 g/mol. The minimum absolute atomic E-state index is 0.155. The molecule has 21 heavy (non-hydrogen) atoms. The van der Waals surface area contributed by atoms with Gasteiger partial charge in [-0.1, -0.05) is 6.92 Å². The summed E-state index contributed by atoms with van der Waals surface area (Å²) >= 11 is 0. The minimum Gasteiger partial charge on any atom is -0.350 e. The highest BCUT2D eigenvalue weighted by Crippen LogP contribution is 2.16. The zero-order valence-electron chi connectivity index (χ0n) is 12.5. The molecule has 0 spiro atoms. The average Bonchev–Trinajstić information content (AvgIpc) is 2.91. The van der Waals surface area contributed by atoms with Crippen molar-refractivity contribution in [3.8, 4) is 0 Å². The van der Waals surface area contributed by atoms with Crippen molar-refractivity contribution in [1.82, 2.24) is 10.2 Å². The monoisotopic (exact) mass is 310 g/mol. The highest BCUT2D eigenvalue weighted by Gasteiger charge is 2.23. The first-order valence-corrected chi connectivity index (χ1v) is 9.13. The number of carbonyl (C=O) groups excluding carboxylic acids is 1. The molecule has 1 amide bonds. The predicted octanol–water partition coefficient (Wildman–Crippen LogP) is 1.30. The van der Waals surface area contributed by atoms with Crippen molar-refractivity contribution >= 4 is 15.7 Å². The van der Waals surface area contributed by atoms with Crippen LogP contribution >= 0.6 is 0 Å². The van der Waals surface area contributed by atoms with Gasteiger partial charge in [0.05, 0.1) is 4.90 Å². The molecule has 1 N–H and O–H groups in total. The molecule has 1 aliphatic rings. The Morgan fingerprint density at radius 3 is 2.57 bits per heavy atom. The maximum absolute atomic E-state index is 12.1. The van der Waals surface area contributed by atoms with E-state index in [0.717, 1.165) is 25.8 Å². The lowest BCUT2D eigenvalue weighted by Crippen LogP contribution is -2.40. The minimum atomic E-state index is -3.22. The summed E-state index contributed by atoms with van der Waals surface area (Å²) < 4.78 is 22.8. The number of nitrogens with zero attached hydrogens (tertiary/aromatic N) is 1. The number of sulfone groups is 1. The third-order valence-electron chi connectivity index (χ3n) is 3.95. The molecule has 2 rings (SSSR count). The number of carbonyl (C=O) groups is 1. The van der Waals surface area contributed by atoms with Crippen LogP contribution in [0.2, 0.25) is 0 Å². The third kappa shape index (κ3) is 4.04. The Balaban J connectivity index is 1.94. The van der Waals surface area contributed by atoms with Crippen molar-refractivity contribution in [1.29, 1.82) is 0 Å². The van der Waals surface area contributed by atoms with Gasteiger partial charge in [-0.15, -0.1) is 0 Å². The van der Waals surface area contributed by atoms with Gasteiger partial charge in [-0.05, 0) is 50.2 Å². The topological polar surface area (TPSA) is 66.5 Å². The zero-order valence-corrected chi connectivity index (χ0v) is 13.3. The van der Waals surface area contributed by atoms with Crippen molar-refractivity contribution in [2.45, 2.75) is 30.7 Å². The Bertz CT molecular complexity index is 596. The summed E-state index contributed by atoms with van der Waals surface area (Å²) in [6.07, 6.45) is 3.44. The zero-order chi connectivity index (χ0) is 15.5. The quantitative estimate of drug-likeness (QED) is 0.890. The Kier molecular flexibility index (Phi) is 5.00. The van der Waals surface area contributed by atoms with Crippen LogP contribution in [0.25, 0.3) is 0 Å². The summed E-state index contributed by atoms with van der Waals surface area (Å²) in [5, 5.41) is 2.93. The van der Waals surface area contributed by atoms with Crippen LogP contribution in [0, 0.1) is 0 Å². The number of likely N-dealkylation sites (N-methyl/N-ethyl adjacent to an activating group) is 1. The van der Waals surface area contributed by atoms with Gasteiger partial charge in [-0.25, -0.2) is 8.42 Å². The van der Waals surface area contributed by atoms with Crippen LogP contribution in [-0.2, 0) is 9.84 Å². The summed E-state index contributed by atoms with van der Waals surface area (Å²) in [5.41, 5.74) is 0.489. The highest BCUT2D eigenvalue weighted by molar-refractivity contribution is 7.90. The highest BCUT2D eigenvalue weighted by atomic mass is 32.2. The molecule has 1 unspecified atom stereocenters. The Hall–Kier alpha value is -1.40.